The predicted octanol–water partition coefficient (Wildman–Crippen LogP) is 3.92. The van der Waals surface area contributed by atoms with Crippen molar-refractivity contribution < 1.29 is 13.2 Å². The van der Waals surface area contributed by atoms with Gasteiger partial charge >= 0.3 is 0 Å². The van der Waals surface area contributed by atoms with Gasteiger partial charge in [-0.15, -0.1) is 11.3 Å². The second-order valence-electron chi connectivity index (χ2n) is 7.87. The van der Waals surface area contributed by atoms with Crippen LogP contribution in [0.5, 0.6) is 0 Å². The Balaban J connectivity index is 1.76. The fourth-order valence-electron chi connectivity index (χ4n) is 3.14. The highest BCUT2D eigenvalue weighted by atomic mass is 32.2. The summed E-state index contributed by atoms with van der Waals surface area (Å²) >= 11 is 1.44. The molecule has 0 aliphatic rings. The van der Waals surface area contributed by atoms with Crippen molar-refractivity contribution in [1.82, 2.24) is 15.0 Å². The molecule has 0 saturated carbocycles. The van der Waals surface area contributed by atoms with E-state index >= 15 is 0 Å². The summed E-state index contributed by atoms with van der Waals surface area (Å²) in [6.07, 6.45) is 0.404. The molecule has 0 saturated heterocycles. The Hall–Kier alpha value is -2.29. The van der Waals surface area contributed by atoms with Crippen molar-refractivity contribution in [1.29, 1.82) is 0 Å². The van der Waals surface area contributed by atoms with Crippen LogP contribution in [0.25, 0.3) is 10.2 Å². The lowest BCUT2D eigenvalue weighted by molar-refractivity contribution is -0.123. The molecule has 8 heteroatoms. The lowest BCUT2D eigenvalue weighted by Crippen LogP contribution is -2.47. The van der Waals surface area contributed by atoms with E-state index in [0.29, 0.717) is 13.0 Å². The molecule has 0 radical (unpaired) electrons. The third-order valence-corrected chi connectivity index (χ3v) is 7.09. The van der Waals surface area contributed by atoms with Crippen LogP contribution in [0.1, 0.15) is 36.4 Å². The van der Waals surface area contributed by atoms with Crippen LogP contribution in [0.15, 0.2) is 47.4 Å². The fourth-order valence-corrected chi connectivity index (χ4v) is 5.32. The number of hydrogen-bond donors (Lipinski definition) is 2. The highest BCUT2D eigenvalue weighted by molar-refractivity contribution is 7.89. The summed E-state index contributed by atoms with van der Waals surface area (Å²) in [5, 5.41) is 3.73. The van der Waals surface area contributed by atoms with Crippen LogP contribution in [0.3, 0.4) is 0 Å². The third kappa shape index (κ3) is 5.65. The molecule has 1 aromatic heterocycles. The standard InChI is InChI=1S/C22H27N3O3S2/c1-14(2)11-20(22(26)23-13-17-7-5-15(3)6-8-17)25-30(27,28)18-9-10-19-21(12-18)29-16(4)24-19/h5-10,12,14,20,25H,11,13H2,1-4H3,(H,23,26)/t20-/m0/s1. The van der Waals surface area contributed by atoms with Gasteiger partial charge in [-0.25, -0.2) is 13.4 Å². The van der Waals surface area contributed by atoms with Crippen molar-refractivity contribution >= 4 is 37.5 Å². The summed E-state index contributed by atoms with van der Waals surface area (Å²) in [4.78, 5) is 17.3. The molecule has 1 heterocycles. The van der Waals surface area contributed by atoms with Crippen molar-refractivity contribution in [3.8, 4) is 0 Å². The lowest BCUT2D eigenvalue weighted by atomic mass is 10.0. The number of rotatable bonds is 8. The average Bonchev–Trinajstić information content (AvgIpc) is 3.05. The maximum Gasteiger partial charge on any atom is 0.241 e. The first-order chi connectivity index (χ1) is 14.1. The van der Waals surface area contributed by atoms with Crippen molar-refractivity contribution in [2.24, 2.45) is 5.92 Å². The van der Waals surface area contributed by atoms with Gasteiger partial charge in [-0.2, -0.15) is 4.72 Å². The van der Waals surface area contributed by atoms with Crippen LogP contribution < -0.4 is 10.0 Å². The van der Waals surface area contributed by atoms with Crippen LogP contribution in [-0.4, -0.2) is 25.4 Å². The second-order valence-corrected chi connectivity index (χ2v) is 10.8. The van der Waals surface area contributed by atoms with Crippen LogP contribution >= 0.6 is 11.3 Å². The summed E-state index contributed by atoms with van der Waals surface area (Å²) < 4.78 is 29.4. The van der Waals surface area contributed by atoms with Gasteiger partial charge in [-0.05, 0) is 49.9 Å². The molecule has 0 spiro atoms. The number of fused-ring (bicyclic) bond motifs is 1. The number of hydrogen-bond acceptors (Lipinski definition) is 5. The SMILES string of the molecule is Cc1ccc(CNC(=O)[C@H](CC(C)C)NS(=O)(=O)c2ccc3nc(C)sc3c2)cc1. The van der Waals surface area contributed by atoms with Gasteiger partial charge in [0.1, 0.15) is 6.04 Å². The van der Waals surface area contributed by atoms with E-state index in [0.717, 1.165) is 26.4 Å². The molecule has 6 nitrogen and oxygen atoms in total. The number of aryl methyl sites for hydroxylation is 2. The molecule has 3 aromatic rings. The Bertz CT molecular complexity index is 1140. The first-order valence-corrected chi connectivity index (χ1v) is 12.2. The summed E-state index contributed by atoms with van der Waals surface area (Å²) in [7, 11) is -3.85. The summed E-state index contributed by atoms with van der Waals surface area (Å²) in [6.45, 7) is 8.15. The van der Waals surface area contributed by atoms with Crippen LogP contribution in [-0.2, 0) is 21.4 Å². The molecule has 30 heavy (non-hydrogen) atoms. The molecule has 3 rings (SSSR count). The van der Waals surface area contributed by atoms with Gasteiger partial charge in [-0.1, -0.05) is 43.7 Å². The van der Waals surface area contributed by atoms with Gasteiger partial charge in [0, 0.05) is 6.54 Å². The van der Waals surface area contributed by atoms with E-state index < -0.39 is 16.1 Å². The highest BCUT2D eigenvalue weighted by Gasteiger charge is 2.26. The van der Waals surface area contributed by atoms with E-state index in [2.05, 4.69) is 15.0 Å². The predicted molar refractivity (Wildman–Crippen MR) is 121 cm³/mol. The Kier molecular flexibility index (Phi) is 6.90. The van der Waals surface area contributed by atoms with Crippen LogP contribution in [0, 0.1) is 19.8 Å². The number of aromatic nitrogens is 1. The molecule has 0 aliphatic heterocycles. The van der Waals surface area contributed by atoms with Gasteiger partial charge in [0.25, 0.3) is 0 Å². The molecule has 0 unspecified atom stereocenters. The maximum absolute atomic E-state index is 13.0. The monoisotopic (exact) mass is 445 g/mol. The fraction of sp³-hybridized carbons (Fsp3) is 0.364. The molecular weight excluding hydrogens is 418 g/mol. The van der Waals surface area contributed by atoms with E-state index in [1.165, 1.54) is 17.4 Å². The zero-order valence-electron chi connectivity index (χ0n) is 17.6. The minimum absolute atomic E-state index is 0.138. The summed E-state index contributed by atoms with van der Waals surface area (Å²) in [5.74, 6) is -0.183. The number of amides is 1. The number of thiazole rings is 1. The average molecular weight is 446 g/mol. The largest absolute Gasteiger partial charge is 0.351 e. The van der Waals surface area contributed by atoms with Gasteiger partial charge in [-0.3, -0.25) is 4.79 Å². The smallest absolute Gasteiger partial charge is 0.241 e. The molecule has 2 aromatic carbocycles. The molecule has 1 atom stereocenters. The number of benzene rings is 2. The Morgan fingerprint density at radius 1 is 1.10 bits per heavy atom. The van der Waals surface area contributed by atoms with Gasteiger partial charge < -0.3 is 5.32 Å². The van der Waals surface area contributed by atoms with Crippen LogP contribution in [0.4, 0.5) is 0 Å². The first-order valence-electron chi connectivity index (χ1n) is 9.87. The van der Waals surface area contributed by atoms with E-state index in [1.54, 1.807) is 12.1 Å². The van der Waals surface area contributed by atoms with Crippen molar-refractivity contribution in [3.05, 3.63) is 58.6 Å². The van der Waals surface area contributed by atoms with Gasteiger partial charge in [0.2, 0.25) is 15.9 Å². The first kappa shape index (κ1) is 22.4. The molecule has 1 amide bonds. The molecule has 160 valence electrons. The maximum atomic E-state index is 13.0. The number of carbonyl (C=O) groups excluding carboxylic acids is 1. The number of carbonyl (C=O) groups is 1. The van der Waals surface area contributed by atoms with E-state index in [-0.39, 0.29) is 16.7 Å². The minimum atomic E-state index is -3.85. The lowest BCUT2D eigenvalue weighted by Gasteiger charge is -2.20. The molecule has 0 aliphatic carbocycles. The minimum Gasteiger partial charge on any atom is -0.351 e. The Morgan fingerprint density at radius 3 is 2.47 bits per heavy atom. The Morgan fingerprint density at radius 2 is 1.80 bits per heavy atom. The quantitative estimate of drug-likeness (QED) is 0.550. The Labute approximate surface area is 181 Å². The molecule has 0 bridgehead atoms. The van der Waals surface area contributed by atoms with Crippen molar-refractivity contribution in [3.63, 3.8) is 0 Å². The van der Waals surface area contributed by atoms with Crippen molar-refractivity contribution in [2.45, 2.75) is 51.6 Å². The summed E-state index contributed by atoms with van der Waals surface area (Å²) in [5.41, 5.74) is 2.88. The highest BCUT2D eigenvalue weighted by Crippen LogP contribution is 2.25. The molecule has 2 N–H and O–H groups in total. The van der Waals surface area contributed by atoms with E-state index in [9.17, 15) is 13.2 Å². The number of sulfonamides is 1. The van der Waals surface area contributed by atoms with E-state index in [4.69, 9.17) is 0 Å². The normalized spacial score (nSPS) is 13.0. The van der Waals surface area contributed by atoms with E-state index in [1.807, 2.05) is 52.0 Å². The third-order valence-electron chi connectivity index (χ3n) is 4.69. The molecular formula is C22H27N3O3S2. The number of nitrogens with zero attached hydrogens (tertiary/aromatic N) is 1. The van der Waals surface area contributed by atoms with Crippen LogP contribution in [0.2, 0.25) is 0 Å². The zero-order valence-corrected chi connectivity index (χ0v) is 19.2. The number of nitrogens with one attached hydrogen (secondary N) is 2. The topological polar surface area (TPSA) is 88.2 Å². The van der Waals surface area contributed by atoms with Gasteiger partial charge in [0.05, 0.1) is 20.1 Å². The second kappa shape index (κ2) is 9.24. The molecule has 0 fully saturated rings. The van der Waals surface area contributed by atoms with Crippen molar-refractivity contribution in [2.75, 3.05) is 0 Å². The summed E-state index contributed by atoms with van der Waals surface area (Å²) in [6, 6.07) is 11.8. The van der Waals surface area contributed by atoms with Gasteiger partial charge in [0.15, 0.2) is 0 Å². The zero-order chi connectivity index (χ0) is 21.9.